The Kier molecular flexibility index (Phi) is 8.61. The van der Waals surface area contributed by atoms with Gasteiger partial charge in [-0.25, -0.2) is 8.42 Å². The van der Waals surface area contributed by atoms with Crippen LogP contribution in [-0.4, -0.2) is 44.5 Å². The van der Waals surface area contributed by atoms with E-state index in [0.717, 1.165) is 12.0 Å². The maximum Gasteiger partial charge on any atom is 0.261 e. The summed E-state index contributed by atoms with van der Waals surface area (Å²) in [6.07, 6.45) is 0.780. The van der Waals surface area contributed by atoms with Crippen molar-refractivity contribution < 1.29 is 22.7 Å². The third-order valence-electron chi connectivity index (χ3n) is 6.68. The molecule has 0 saturated carbocycles. The van der Waals surface area contributed by atoms with E-state index in [-0.39, 0.29) is 22.1 Å². The molecule has 1 heterocycles. The van der Waals surface area contributed by atoms with Gasteiger partial charge in [-0.15, -0.1) is 11.8 Å². The van der Waals surface area contributed by atoms with Gasteiger partial charge in [-0.2, -0.15) is 0 Å². The standard InChI is InChI=1S/C31H29N3O5S2/c1-39-27-15-11-26(12-16-27)33-41(37,38)28-17-13-25(14-18-28)32-30(36)23-7-9-24(10-8-23)31-34(29(35)21-40-31)20-19-22-5-3-2-4-6-22/h2-18,31,33H,19-21H2,1H3,(H,32,36)/t31-/m1/s1. The van der Waals surface area contributed by atoms with Gasteiger partial charge in [0.1, 0.15) is 11.1 Å². The largest absolute Gasteiger partial charge is 0.497 e. The Bertz CT molecular complexity index is 1610. The van der Waals surface area contributed by atoms with Crippen LogP contribution in [-0.2, 0) is 21.2 Å². The smallest absolute Gasteiger partial charge is 0.261 e. The molecule has 2 N–H and O–H groups in total. The van der Waals surface area contributed by atoms with Crippen molar-refractivity contribution in [2.24, 2.45) is 0 Å². The average molecular weight is 588 g/mol. The number of anilines is 2. The van der Waals surface area contributed by atoms with Gasteiger partial charge in [0, 0.05) is 23.5 Å². The molecular weight excluding hydrogens is 558 g/mol. The molecule has 1 saturated heterocycles. The number of benzene rings is 4. The summed E-state index contributed by atoms with van der Waals surface area (Å²) < 4.78 is 33.1. The SMILES string of the molecule is COc1ccc(NS(=O)(=O)c2ccc(NC(=O)c3ccc([C@H]4SCC(=O)N4CCc4ccccc4)cc3)cc2)cc1. The number of hydrogen-bond donors (Lipinski definition) is 2. The number of carbonyl (C=O) groups excluding carboxylic acids is 2. The van der Waals surface area contributed by atoms with Crippen LogP contribution in [0.25, 0.3) is 0 Å². The van der Waals surface area contributed by atoms with Crippen molar-refractivity contribution in [3.63, 3.8) is 0 Å². The number of sulfonamides is 1. The van der Waals surface area contributed by atoms with E-state index in [4.69, 9.17) is 4.74 Å². The molecule has 1 fully saturated rings. The first-order valence-corrected chi connectivity index (χ1v) is 15.5. The summed E-state index contributed by atoms with van der Waals surface area (Å²) in [6, 6.07) is 29.8. The summed E-state index contributed by atoms with van der Waals surface area (Å²) in [5, 5.41) is 2.71. The zero-order chi connectivity index (χ0) is 28.8. The Morgan fingerprint density at radius 1 is 0.902 bits per heavy atom. The lowest BCUT2D eigenvalue weighted by atomic mass is 10.1. The van der Waals surface area contributed by atoms with Gasteiger partial charge in [-0.1, -0.05) is 42.5 Å². The van der Waals surface area contributed by atoms with Crippen LogP contribution in [0, 0.1) is 0 Å². The normalized spacial score (nSPS) is 15.0. The van der Waals surface area contributed by atoms with Crippen molar-refractivity contribution in [3.8, 4) is 5.75 Å². The highest BCUT2D eigenvalue weighted by atomic mass is 32.2. The van der Waals surface area contributed by atoms with Crippen molar-refractivity contribution in [1.29, 1.82) is 0 Å². The van der Waals surface area contributed by atoms with E-state index in [1.807, 2.05) is 35.2 Å². The van der Waals surface area contributed by atoms with E-state index in [0.29, 0.717) is 35.0 Å². The van der Waals surface area contributed by atoms with E-state index in [2.05, 4.69) is 22.2 Å². The molecule has 1 aliphatic heterocycles. The minimum Gasteiger partial charge on any atom is -0.497 e. The molecule has 0 radical (unpaired) electrons. The summed E-state index contributed by atoms with van der Waals surface area (Å²) in [6.45, 7) is 0.629. The summed E-state index contributed by atoms with van der Waals surface area (Å²) in [4.78, 5) is 27.4. The predicted molar refractivity (Wildman–Crippen MR) is 162 cm³/mol. The molecule has 210 valence electrons. The van der Waals surface area contributed by atoms with E-state index in [9.17, 15) is 18.0 Å². The Morgan fingerprint density at radius 2 is 1.56 bits per heavy atom. The second kappa shape index (κ2) is 12.5. The molecule has 0 aliphatic carbocycles. The number of nitrogens with one attached hydrogen (secondary N) is 2. The molecule has 1 atom stereocenters. The fourth-order valence-electron chi connectivity index (χ4n) is 4.46. The zero-order valence-corrected chi connectivity index (χ0v) is 24.0. The van der Waals surface area contributed by atoms with Crippen LogP contribution < -0.4 is 14.8 Å². The monoisotopic (exact) mass is 587 g/mol. The molecule has 41 heavy (non-hydrogen) atoms. The van der Waals surface area contributed by atoms with Crippen LogP contribution >= 0.6 is 11.8 Å². The first kappa shape index (κ1) is 28.3. The van der Waals surface area contributed by atoms with Crippen LogP contribution in [0.2, 0.25) is 0 Å². The maximum atomic E-state index is 12.9. The van der Waals surface area contributed by atoms with Gasteiger partial charge in [-0.05, 0) is 78.2 Å². The van der Waals surface area contributed by atoms with Gasteiger partial charge >= 0.3 is 0 Å². The number of carbonyl (C=O) groups is 2. The van der Waals surface area contributed by atoms with E-state index < -0.39 is 10.0 Å². The Morgan fingerprint density at radius 3 is 2.22 bits per heavy atom. The van der Waals surface area contributed by atoms with Crippen LogP contribution in [0.3, 0.4) is 0 Å². The van der Waals surface area contributed by atoms with Gasteiger partial charge in [-0.3, -0.25) is 14.3 Å². The number of thioether (sulfide) groups is 1. The van der Waals surface area contributed by atoms with Gasteiger partial charge in [0.2, 0.25) is 5.91 Å². The van der Waals surface area contributed by atoms with Crippen molar-refractivity contribution in [2.75, 3.05) is 29.4 Å². The van der Waals surface area contributed by atoms with Crippen LogP contribution in [0.1, 0.15) is 26.9 Å². The molecule has 10 heteroatoms. The second-order valence-corrected chi connectivity index (χ2v) is 12.2. The number of methoxy groups -OCH3 is 1. The van der Waals surface area contributed by atoms with Crippen molar-refractivity contribution in [2.45, 2.75) is 16.7 Å². The lowest BCUT2D eigenvalue weighted by Gasteiger charge is -2.24. The zero-order valence-electron chi connectivity index (χ0n) is 22.3. The van der Waals surface area contributed by atoms with E-state index in [1.54, 1.807) is 60.3 Å². The minimum absolute atomic E-state index is 0.0658. The number of amides is 2. The van der Waals surface area contributed by atoms with Crippen LogP contribution in [0.15, 0.2) is 108 Å². The third kappa shape index (κ3) is 6.90. The van der Waals surface area contributed by atoms with Crippen LogP contribution in [0.5, 0.6) is 5.75 Å². The molecule has 0 aromatic heterocycles. The second-order valence-electron chi connectivity index (χ2n) is 9.42. The fraction of sp³-hybridized carbons (Fsp3) is 0.161. The molecule has 0 bridgehead atoms. The molecule has 5 rings (SSSR count). The highest BCUT2D eigenvalue weighted by Gasteiger charge is 2.32. The quantitative estimate of drug-likeness (QED) is 0.252. The summed E-state index contributed by atoms with van der Waals surface area (Å²) in [5.41, 5.74) is 3.47. The van der Waals surface area contributed by atoms with Crippen LogP contribution in [0.4, 0.5) is 11.4 Å². The van der Waals surface area contributed by atoms with Crippen molar-refractivity contribution in [1.82, 2.24) is 4.90 Å². The van der Waals surface area contributed by atoms with E-state index in [1.165, 1.54) is 24.8 Å². The van der Waals surface area contributed by atoms with Crippen molar-refractivity contribution in [3.05, 3.63) is 120 Å². The predicted octanol–water partition coefficient (Wildman–Crippen LogP) is 5.57. The Hall–Kier alpha value is -4.28. The molecule has 4 aromatic rings. The summed E-state index contributed by atoms with van der Waals surface area (Å²) >= 11 is 1.58. The number of rotatable bonds is 10. The van der Waals surface area contributed by atoms with Gasteiger partial charge < -0.3 is 15.0 Å². The highest BCUT2D eigenvalue weighted by molar-refractivity contribution is 8.00. The van der Waals surface area contributed by atoms with E-state index >= 15 is 0 Å². The lowest BCUT2D eigenvalue weighted by Crippen LogP contribution is -2.30. The third-order valence-corrected chi connectivity index (χ3v) is 9.33. The molecule has 1 aliphatic rings. The molecule has 8 nitrogen and oxygen atoms in total. The van der Waals surface area contributed by atoms with Gasteiger partial charge in [0.05, 0.1) is 17.8 Å². The molecule has 2 amide bonds. The first-order valence-electron chi connectivity index (χ1n) is 13.0. The number of nitrogens with zero attached hydrogens (tertiary/aromatic N) is 1. The first-order chi connectivity index (χ1) is 19.8. The highest BCUT2D eigenvalue weighted by Crippen LogP contribution is 2.38. The number of ether oxygens (including phenoxy) is 1. The molecule has 0 spiro atoms. The van der Waals surface area contributed by atoms with Gasteiger partial charge in [0.25, 0.3) is 15.9 Å². The molecular formula is C31H29N3O5S2. The Labute approximate surface area is 243 Å². The fourth-order valence-corrected chi connectivity index (χ4v) is 6.74. The average Bonchev–Trinajstić information content (AvgIpc) is 3.37. The van der Waals surface area contributed by atoms with Gasteiger partial charge in [0.15, 0.2) is 0 Å². The Balaban J connectivity index is 1.19. The summed E-state index contributed by atoms with van der Waals surface area (Å²) in [5.74, 6) is 0.848. The molecule has 0 unspecified atom stereocenters. The van der Waals surface area contributed by atoms with Crippen molar-refractivity contribution >= 4 is 45.0 Å². The summed E-state index contributed by atoms with van der Waals surface area (Å²) in [7, 11) is -2.27. The number of hydrogen-bond acceptors (Lipinski definition) is 6. The maximum absolute atomic E-state index is 12.9. The minimum atomic E-state index is -3.81. The molecule has 4 aromatic carbocycles. The topological polar surface area (TPSA) is 105 Å². The lowest BCUT2D eigenvalue weighted by molar-refractivity contribution is -0.128.